The van der Waals surface area contributed by atoms with Crippen molar-refractivity contribution in [1.82, 2.24) is 4.98 Å². The molecule has 1 aromatic rings. The molecule has 0 amide bonds. The van der Waals surface area contributed by atoms with Gasteiger partial charge >= 0.3 is 0 Å². The third kappa shape index (κ3) is 1.23. The number of rotatable bonds is 1. The average Bonchev–Trinajstić information content (AvgIpc) is 2.55. The van der Waals surface area contributed by atoms with Crippen LogP contribution in [-0.4, -0.2) is 11.6 Å². The SMILES string of the molecule is [CH2]C1(c2ccncc2)CCCO1. The van der Waals surface area contributed by atoms with E-state index in [2.05, 4.69) is 11.9 Å². The highest BCUT2D eigenvalue weighted by Gasteiger charge is 2.31. The molecule has 0 spiro atoms. The second-order valence-corrected chi connectivity index (χ2v) is 3.18. The lowest BCUT2D eigenvalue weighted by molar-refractivity contribution is 0.0401. The fraction of sp³-hybridized carbons (Fsp3) is 0.400. The van der Waals surface area contributed by atoms with Crippen LogP contribution in [-0.2, 0) is 10.3 Å². The highest BCUT2D eigenvalue weighted by Crippen LogP contribution is 2.34. The Morgan fingerprint density at radius 1 is 1.42 bits per heavy atom. The summed E-state index contributed by atoms with van der Waals surface area (Å²) in [6.45, 7) is 4.91. The van der Waals surface area contributed by atoms with Crippen LogP contribution in [0.3, 0.4) is 0 Å². The van der Waals surface area contributed by atoms with E-state index in [1.165, 1.54) is 0 Å². The van der Waals surface area contributed by atoms with Gasteiger partial charge in [0.15, 0.2) is 0 Å². The Hall–Kier alpha value is -0.890. The first-order chi connectivity index (χ1) is 5.81. The molecule has 2 heteroatoms. The summed E-state index contributed by atoms with van der Waals surface area (Å²) < 4.78 is 5.59. The van der Waals surface area contributed by atoms with E-state index in [0.29, 0.717) is 0 Å². The molecule has 63 valence electrons. The first-order valence-electron chi connectivity index (χ1n) is 4.21. The molecule has 1 fully saturated rings. The first-order valence-corrected chi connectivity index (χ1v) is 4.21. The third-order valence-electron chi connectivity index (χ3n) is 2.31. The Morgan fingerprint density at radius 3 is 2.75 bits per heavy atom. The maximum atomic E-state index is 5.59. The molecule has 2 nitrogen and oxygen atoms in total. The van der Waals surface area contributed by atoms with Gasteiger partial charge in [-0.2, -0.15) is 0 Å². The van der Waals surface area contributed by atoms with E-state index in [9.17, 15) is 0 Å². The molecule has 1 aliphatic heterocycles. The zero-order valence-corrected chi connectivity index (χ0v) is 6.99. The lowest BCUT2D eigenvalue weighted by Gasteiger charge is -2.22. The molecular formula is C10H12NO. The van der Waals surface area contributed by atoms with Gasteiger partial charge in [-0.15, -0.1) is 0 Å². The molecule has 0 saturated carbocycles. The van der Waals surface area contributed by atoms with E-state index >= 15 is 0 Å². The summed E-state index contributed by atoms with van der Waals surface area (Å²) in [5.74, 6) is 0. The smallest absolute Gasteiger partial charge is 0.0934 e. The maximum Gasteiger partial charge on any atom is 0.0934 e. The number of nitrogens with zero attached hydrogens (tertiary/aromatic N) is 1. The number of hydrogen-bond acceptors (Lipinski definition) is 2. The van der Waals surface area contributed by atoms with Crippen LogP contribution in [0.4, 0.5) is 0 Å². The van der Waals surface area contributed by atoms with Gasteiger partial charge in [0.25, 0.3) is 0 Å². The topological polar surface area (TPSA) is 22.1 Å². The number of pyridine rings is 1. The molecule has 0 aromatic carbocycles. The van der Waals surface area contributed by atoms with Crippen molar-refractivity contribution in [3.8, 4) is 0 Å². The van der Waals surface area contributed by atoms with E-state index in [-0.39, 0.29) is 5.60 Å². The molecule has 1 unspecified atom stereocenters. The summed E-state index contributed by atoms with van der Waals surface area (Å²) in [5.41, 5.74) is 0.832. The van der Waals surface area contributed by atoms with Crippen LogP contribution in [0.15, 0.2) is 24.5 Å². The van der Waals surface area contributed by atoms with Crippen molar-refractivity contribution < 1.29 is 4.74 Å². The largest absolute Gasteiger partial charge is 0.370 e. The lowest BCUT2D eigenvalue weighted by atomic mass is 9.94. The van der Waals surface area contributed by atoms with E-state index in [4.69, 9.17) is 4.74 Å². The number of ether oxygens (including phenoxy) is 1. The van der Waals surface area contributed by atoms with Crippen LogP contribution >= 0.6 is 0 Å². The van der Waals surface area contributed by atoms with Crippen molar-refractivity contribution in [2.24, 2.45) is 0 Å². The van der Waals surface area contributed by atoms with Crippen LogP contribution in [0.25, 0.3) is 0 Å². The summed E-state index contributed by atoms with van der Waals surface area (Å²) >= 11 is 0. The maximum absolute atomic E-state index is 5.59. The van der Waals surface area contributed by atoms with Gasteiger partial charge in [-0.05, 0) is 37.5 Å². The summed E-state index contributed by atoms with van der Waals surface area (Å²) in [5, 5.41) is 0. The molecule has 1 aromatic heterocycles. The van der Waals surface area contributed by atoms with Crippen molar-refractivity contribution in [1.29, 1.82) is 0 Å². The van der Waals surface area contributed by atoms with Gasteiger partial charge in [-0.25, -0.2) is 0 Å². The van der Waals surface area contributed by atoms with Crippen LogP contribution in [0, 0.1) is 6.92 Å². The van der Waals surface area contributed by atoms with E-state index < -0.39 is 0 Å². The Kier molecular flexibility index (Phi) is 1.85. The van der Waals surface area contributed by atoms with Gasteiger partial charge in [0.05, 0.1) is 5.60 Å². The molecule has 1 saturated heterocycles. The highest BCUT2D eigenvalue weighted by atomic mass is 16.5. The van der Waals surface area contributed by atoms with E-state index in [0.717, 1.165) is 25.0 Å². The monoisotopic (exact) mass is 162 g/mol. The molecular weight excluding hydrogens is 150 g/mol. The van der Waals surface area contributed by atoms with Gasteiger partial charge in [0.2, 0.25) is 0 Å². The minimum absolute atomic E-state index is 0.303. The quantitative estimate of drug-likeness (QED) is 0.629. The molecule has 0 aliphatic carbocycles. The van der Waals surface area contributed by atoms with Crippen molar-refractivity contribution in [3.05, 3.63) is 37.0 Å². The molecule has 1 aliphatic rings. The molecule has 1 radical (unpaired) electrons. The standard InChI is InChI=1S/C10H12NO/c1-10(5-2-8-12-10)9-3-6-11-7-4-9/h3-4,6-7H,1-2,5,8H2. The first kappa shape index (κ1) is 7.74. The minimum Gasteiger partial charge on any atom is -0.370 e. The molecule has 0 N–H and O–H groups in total. The zero-order valence-electron chi connectivity index (χ0n) is 6.99. The number of hydrogen-bond donors (Lipinski definition) is 0. The molecule has 2 heterocycles. The third-order valence-corrected chi connectivity index (χ3v) is 2.31. The van der Waals surface area contributed by atoms with Gasteiger partial charge in [-0.3, -0.25) is 4.98 Å². The highest BCUT2D eigenvalue weighted by molar-refractivity contribution is 5.21. The Morgan fingerprint density at radius 2 is 2.17 bits per heavy atom. The molecule has 2 rings (SSSR count). The predicted molar refractivity (Wildman–Crippen MR) is 46.5 cm³/mol. The van der Waals surface area contributed by atoms with Crippen molar-refractivity contribution in [2.45, 2.75) is 18.4 Å². The second-order valence-electron chi connectivity index (χ2n) is 3.18. The molecule has 1 atom stereocenters. The van der Waals surface area contributed by atoms with Crippen LogP contribution < -0.4 is 0 Å². The normalized spacial score (nSPS) is 29.1. The Bertz CT molecular complexity index is 252. The second kappa shape index (κ2) is 2.87. The van der Waals surface area contributed by atoms with Crippen molar-refractivity contribution >= 4 is 0 Å². The summed E-state index contributed by atoms with van der Waals surface area (Å²) in [6.07, 6.45) is 5.68. The molecule has 12 heavy (non-hydrogen) atoms. The zero-order chi connectivity index (χ0) is 8.44. The van der Waals surface area contributed by atoms with Gasteiger partial charge in [-0.1, -0.05) is 0 Å². The number of aromatic nitrogens is 1. The van der Waals surface area contributed by atoms with E-state index in [1.54, 1.807) is 12.4 Å². The van der Waals surface area contributed by atoms with Crippen LogP contribution in [0.1, 0.15) is 18.4 Å². The van der Waals surface area contributed by atoms with Crippen molar-refractivity contribution in [3.63, 3.8) is 0 Å². The Balaban J connectivity index is 2.29. The minimum atomic E-state index is -0.303. The van der Waals surface area contributed by atoms with Gasteiger partial charge in [0.1, 0.15) is 0 Å². The van der Waals surface area contributed by atoms with Crippen LogP contribution in [0.2, 0.25) is 0 Å². The van der Waals surface area contributed by atoms with Crippen molar-refractivity contribution in [2.75, 3.05) is 6.61 Å². The Labute approximate surface area is 72.6 Å². The fourth-order valence-corrected chi connectivity index (χ4v) is 1.58. The van der Waals surface area contributed by atoms with Gasteiger partial charge in [0, 0.05) is 19.0 Å². The van der Waals surface area contributed by atoms with Gasteiger partial charge < -0.3 is 4.74 Å². The average molecular weight is 162 g/mol. The fourth-order valence-electron chi connectivity index (χ4n) is 1.58. The summed E-state index contributed by atoms with van der Waals surface area (Å²) in [4.78, 5) is 3.96. The lowest BCUT2D eigenvalue weighted by Crippen LogP contribution is -2.19. The van der Waals surface area contributed by atoms with Crippen LogP contribution in [0.5, 0.6) is 0 Å². The summed E-state index contributed by atoms with van der Waals surface area (Å²) in [6, 6.07) is 3.94. The summed E-state index contributed by atoms with van der Waals surface area (Å²) in [7, 11) is 0. The predicted octanol–water partition coefficient (Wildman–Crippen LogP) is 1.92. The molecule has 0 bridgehead atoms. The van der Waals surface area contributed by atoms with E-state index in [1.807, 2.05) is 12.1 Å².